The summed E-state index contributed by atoms with van der Waals surface area (Å²) in [6.07, 6.45) is 5.06. The number of ether oxygens (including phenoxy) is 2. The summed E-state index contributed by atoms with van der Waals surface area (Å²) in [7, 11) is 4.30. The number of carbonyl (C=O) groups is 1. The summed E-state index contributed by atoms with van der Waals surface area (Å²) in [6, 6.07) is 16.0. The van der Waals surface area contributed by atoms with Gasteiger partial charge in [-0.3, -0.25) is 4.90 Å². The van der Waals surface area contributed by atoms with Crippen LogP contribution in [0.1, 0.15) is 53.1 Å². The molecule has 2 aliphatic rings. The monoisotopic (exact) mass is 436 g/mol. The molecule has 1 aliphatic carbocycles. The largest absolute Gasteiger partial charge is 0.423 e. The maximum atomic E-state index is 12.8. The number of hydrogen-bond donors (Lipinski definition) is 0. The molecular weight excluding hydrogens is 400 g/mol. The van der Waals surface area contributed by atoms with E-state index in [-0.39, 0.29) is 5.97 Å². The van der Waals surface area contributed by atoms with Crippen LogP contribution in [0.15, 0.2) is 48.5 Å². The molecule has 1 unspecified atom stereocenters. The smallest absolute Gasteiger partial charge is 0.343 e. The standard InChI is InChI=1S/C27H36N2O3/c1-28(2)20-24-6-3-4-9-26(24)23-7-5-8-25(18-23)32-27(30)22-12-10-21(11-13-22)19-29-14-16-31-17-15-29/h5,7-8,10-13,18,24,26H,3-4,6,9,14-17,19-20H2,1-2H3/t24-,26?/m1/s1. The van der Waals surface area contributed by atoms with Crippen molar-refractivity contribution in [3.8, 4) is 5.75 Å². The van der Waals surface area contributed by atoms with Crippen molar-refractivity contribution in [2.24, 2.45) is 5.92 Å². The fourth-order valence-corrected chi connectivity index (χ4v) is 5.07. The second-order valence-electron chi connectivity index (χ2n) is 9.46. The van der Waals surface area contributed by atoms with Crippen molar-refractivity contribution in [1.29, 1.82) is 0 Å². The summed E-state index contributed by atoms with van der Waals surface area (Å²) in [5, 5.41) is 0. The van der Waals surface area contributed by atoms with Crippen LogP contribution < -0.4 is 4.74 Å². The van der Waals surface area contributed by atoms with Gasteiger partial charge in [0.25, 0.3) is 0 Å². The van der Waals surface area contributed by atoms with E-state index in [0.29, 0.717) is 23.1 Å². The molecule has 0 radical (unpaired) electrons. The summed E-state index contributed by atoms with van der Waals surface area (Å²) < 4.78 is 11.2. The van der Waals surface area contributed by atoms with Crippen LogP contribution in [0.2, 0.25) is 0 Å². The van der Waals surface area contributed by atoms with Gasteiger partial charge in [-0.1, -0.05) is 37.1 Å². The van der Waals surface area contributed by atoms with Gasteiger partial charge in [0.2, 0.25) is 0 Å². The normalized spacial score (nSPS) is 22.1. The first-order valence-corrected chi connectivity index (χ1v) is 11.9. The number of nitrogens with zero attached hydrogens (tertiary/aromatic N) is 2. The third-order valence-corrected chi connectivity index (χ3v) is 6.71. The zero-order valence-corrected chi connectivity index (χ0v) is 19.5. The number of benzene rings is 2. The molecule has 5 heteroatoms. The third kappa shape index (κ3) is 6.18. The number of hydrogen-bond acceptors (Lipinski definition) is 5. The van der Waals surface area contributed by atoms with Crippen LogP contribution in [0.3, 0.4) is 0 Å². The summed E-state index contributed by atoms with van der Waals surface area (Å²) in [5.41, 5.74) is 3.08. The first kappa shape index (κ1) is 23.0. The van der Waals surface area contributed by atoms with Crippen molar-refractivity contribution in [2.75, 3.05) is 46.9 Å². The number of rotatable bonds is 7. The Kier molecular flexibility index (Phi) is 7.95. The molecule has 0 bridgehead atoms. The molecule has 2 atom stereocenters. The first-order valence-electron chi connectivity index (χ1n) is 11.9. The summed E-state index contributed by atoms with van der Waals surface area (Å²) in [4.78, 5) is 17.4. The first-order chi connectivity index (χ1) is 15.6. The second-order valence-corrected chi connectivity index (χ2v) is 9.46. The fourth-order valence-electron chi connectivity index (χ4n) is 5.07. The minimum absolute atomic E-state index is 0.298. The van der Waals surface area contributed by atoms with E-state index in [2.05, 4.69) is 36.0 Å². The molecule has 0 aromatic heterocycles. The lowest BCUT2D eigenvalue weighted by Gasteiger charge is -2.34. The summed E-state index contributed by atoms with van der Waals surface area (Å²) in [6.45, 7) is 5.48. The Bertz CT molecular complexity index is 875. The van der Waals surface area contributed by atoms with Gasteiger partial charge in [0, 0.05) is 26.2 Å². The van der Waals surface area contributed by atoms with Crippen molar-refractivity contribution < 1.29 is 14.3 Å². The predicted octanol–water partition coefficient (Wildman–Crippen LogP) is 4.57. The van der Waals surface area contributed by atoms with Gasteiger partial charge in [0.15, 0.2) is 0 Å². The lowest BCUT2D eigenvalue weighted by atomic mass is 9.75. The molecule has 172 valence electrons. The summed E-state index contributed by atoms with van der Waals surface area (Å²) in [5.74, 6) is 1.53. The number of esters is 1. The van der Waals surface area contributed by atoms with Gasteiger partial charge in [-0.2, -0.15) is 0 Å². The molecule has 2 aromatic carbocycles. The van der Waals surface area contributed by atoms with E-state index in [1.54, 1.807) is 0 Å². The van der Waals surface area contributed by atoms with Crippen LogP contribution in [0.25, 0.3) is 0 Å². The molecule has 4 rings (SSSR count). The Morgan fingerprint density at radius 2 is 1.81 bits per heavy atom. The molecule has 1 aliphatic heterocycles. The zero-order chi connectivity index (χ0) is 22.3. The topological polar surface area (TPSA) is 42.0 Å². The van der Waals surface area contributed by atoms with Gasteiger partial charge in [-0.05, 0) is 74.2 Å². The predicted molar refractivity (Wildman–Crippen MR) is 127 cm³/mol. The number of morpholine rings is 1. The van der Waals surface area contributed by atoms with Crippen molar-refractivity contribution in [2.45, 2.75) is 38.1 Å². The van der Waals surface area contributed by atoms with Crippen LogP contribution in [0.4, 0.5) is 0 Å². The lowest BCUT2D eigenvalue weighted by Crippen LogP contribution is -2.35. The van der Waals surface area contributed by atoms with Crippen molar-refractivity contribution in [3.63, 3.8) is 0 Å². The summed E-state index contributed by atoms with van der Waals surface area (Å²) >= 11 is 0. The molecule has 1 saturated carbocycles. The Morgan fingerprint density at radius 3 is 2.56 bits per heavy atom. The molecule has 32 heavy (non-hydrogen) atoms. The van der Waals surface area contributed by atoms with Crippen LogP contribution in [0, 0.1) is 5.92 Å². The third-order valence-electron chi connectivity index (χ3n) is 6.71. The molecule has 0 spiro atoms. The van der Waals surface area contributed by atoms with Crippen LogP contribution in [0.5, 0.6) is 5.75 Å². The Labute approximate surface area is 192 Å². The highest BCUT2D eigenvalue weighted by molar-refractivity contribution is 5.91. The SMILES string of the molecule is CN(C)C[C@H]1CCCCC1c1cccc(OC(=O)c2ccc(CN3CCOCC3)cc2)c1. The lowest BCUT2D eigenvalue weighted by molar-refractivity contribution is 0.0342. The Morgan fingerprint density at radius 1 is 1.06 bits per heavy atom. The minimum Gasteiger partial charge on any atom is -0.423 e. The van der Waals surface area contributed by atoms with E-state index in [1.165, 1.54) is 36.8 Å². The van der Waals surface area contributed by atoms with E-state index in [4.69, 9.17) is 9.47 Å². The highest BCUT2D eigenvalue weighted by Gasteiger charge is 2.27. The molecule has 0 amide bonds. The van der Waals surface area contributed by atoms with E-state index in [1.807, 2.05) is 36.4 Å². The zero-order valence-electron chi connectivity index (χ0n) is 19.5. The molecular formula is C27H36N2O3. The molecule has 2 fully saturated rings. The number of carbonyl (C=O) groups excluding carboxylic acids is 1. The highest BCUT2D eigenvalue weighted by atomic mass is 16.5. The Balaban J connectivity index is 1.39. The molecule has 1 heterocycles. The van der Waals surface area contributed by atoms with E-state index >= 15 is 0 Å². The molecule has 0 N–H and O–H groups in total. The van der Waals surface area contributed by atoms with Gasteiger partial charge < -0.3 is 14.4 Å². The van der Waals surface area contributed by atoms with Gasteiger partial charge >= 0.3 is 5.97 Å². The van der Waals surface area contributed by atoms with E-state index < -0.39 is 0 Å². The van der Waals surface area contributed by atoms with E-state index in [9.17, 15) is 4.79 Å². The van der Waals surface area contributed by atoms with E-state index in [0.717, 1.165) is 39.4 Å². The maximum absolute atomic E-state index is 12.8. The van der Waals surface area contributed by atoms with Crippen molar-refractivity contribution >= 4 is 5.97 Å². The quantitative estimate of drug-likeness (QED) is 0.470. The minimum atomic E-state index is -0.298. The van der Waals surface area contributed by atoms with Gasteiger partial charge in [-0.25, -0.2) is 4.79 Å². The van der Waals surface area contributed by atoms with Crippen LogP contribution in [-0.2, 0) is 11.3 Å². The average Bonchev–Trinajstić information content (AvgIpc) is 2.80. The average molecular weight is 437 g/mol. The molecule has 1 saturated heterocycles. The molecule has 5 nitrogen and oxygen atoms in total. The highest BCUT2D eigenvalue weighted by Crippen LogP contribution is 2.39. The fraction of sp³-hybridized carbons (Fsp3) is 0.519. The van der Waals surface area contributed by atoms with Crippen LogP contribution in [-0.4, -0.2) is 62.7 Å². The van der Waals surface area contributed by atoms with Crippen LogP contribution >= 0.6 is 0 Å². The van der Waals surface area contributed by atoms with Gasteiger partial charge in [-0.15, -0.1) is 0 Å². The van der Waals surface area contributed by atoms with Gasteiger partial charge in [0.1, 0.15) is 5.75 Å². The van der Waals surface area contributed by atoms with Crippen molar-refractivity contribution in [1.82, 2.24) is 9.80 Å². The molecule has 2 aromatic rings. The van der Waals surface area contributed by atoms with Crippen molar-refractivity contribution in [3.05, 3.63) is 65.2 Å². The maximum Gasteiger partial charge on any atom is 0.343 e. The Hall–Kier alpha value is -2.21. The van der Waals surface area contributed by atoms with Gasteiger partial charge in [0.05, 0.1) is 18.8 Å². The second kappa shape index (κ2) is 11.1.